The Morgan fingerprint density at radius 1 is 1.19 bits per heavy atom. The minimum atomic E-state index is -0.170. The second-order valence-corrected chi connectivity index (χ2v) is 5.94. The molecule has 0 aliphatic carbocycles. The van der Waals surface area contributed by atoms with E-state index in [4.69, 9.17) is 0 Å². The first kappa shape index (κ1) is 16.8. The monoisotopic (exact) mass is 286 g/mol. The van der Waals surface area contributed by atoms with Gasteiger partial charge in [0.25, 0.3) is 5.91 Å². The maximum absolute atomic E-state index is 11.7. The Morgan fingerprint density at radius 2 is 1.86 bits per heavy atom. The Morgan fingerprint density at radius 3 is 2.48 bits per heavy atom. The first-order valence-electron chi connectivity index (χ1n) is 6.90. The largest absolute Gasteiger partial charge is 0.355 e. The Bertz CT molecular complexity index is 574. The van der Waals surface area contributed by atoms with Gasteiger partial charge in [-0.1, -0.05) is 44.7 Å². The van der Waals surface area contributed by atoms with Crippen LogP contribution in [0, 0.1) is 17.3 Å². The molecule has 0 unspecified atom stereocenters. The van der Waals surface area contributed by atoms with Crippen molar-refractivity contribution in [3.8, 4) is 11.8 Å². The van der Waals surface area contributed by atoms with Gasteiger partial charge < -0.3 is 10.6 Å². The first-order chi connectivity index (χ1) is 9.83. The molecule has 0 spiro atoms. The van der Waals surface area contributed by atoms with E-state index in [0.717, 1.165) is 0 Å². The number of rotatable bonds is 3. The third-order valence-electron chi connectivity index (χ3n) is 2.69. The van der Waals surface area contributed by atoms with Crippen molar-refractivity contribution in [1.29, 1.82) is 0 Å². The molecule has 1 aromatic carbocycles. The highest BCUT2D eigenvalue weighted by Crippen LogP contribution is 2.17. The number of carbonyl (C=O) groups is 2. The van der Waals surface area contributed by atoms with Gasteiger partial charge >= 0.3 is 0 Å². The van der Waals surface area contributed by atoms with Gasteiger partial charge in [-0.2, -0.15) is 0 Å². The molecule has 4 heteroatoms. The highest BCUT2D eigenvalue weighted by molar-refractivity contribution is 5.96. The fraction of sp³-hybridized carbons (Fsp3) is 0.412. The lowest BCUT2D eigenvalue weighted by molar-refractivity contribution is -0.122. The van der Waals surface area contributed by atoms with Crippen LogP contribution < -0.4 is 10.6 Å². The quantitative estimate of drug-likeness (QED) is 0.834. The van der Waals surface area contributed by atoms with E-state index in [9.17, 15) is 9.59 Å². The molecule has 0 heterocycles. The van der Waals surface area contributed by atoms with Crippen LogP contribution in [0.4, 0.5) is 0 Å². The second kappa shape index (κ2) is 7.49. The molecule has 0 saturated carbocycles. The smallest absolute Gasteiger partial charge is 0.252 e. The number of hydrogen-bond acceptors (Lipinski definition) is 2. The van der Waals surface area contributed by atoms with Crippen molar-refractivity contribution in [2.75, 3.05) is 13.6 Å². The maximum Gasteiger partial charge on any atom is 0.252 e. The van der Waals surface area contributed by atoms with Gasteiger partial charge in [0.05, 0.1) is 12.1 Å². The van der Waals surface area contributed by atoms with Crippen LogP contribution in [0.3, 0.4) is 0 Å². The van der Waals surface area contributed by atoms with Crippen LogP contribution >= 0.6 is 0 Å². The van der Waals surface area contributed by atoms with Crippen molar-refractivity contribution in [1.82, 2.24) is 10.6 Å². The summed E-state index contributed by atoms with van der Waals surface area (Å²) in [5.74, 6) is 5.61. The third-order valence-corrected chi connectivity index (χ3v) is 2.69. The first-order valence-corrected chi connectivity index (χ1v) is 6.90. The molecule has 1 rings (SSSR count). The van der Waals surface area contributed by atoms with E-state index >= 15 is 0 Å². The van der Waals surface area contributed by atoms with E-state index in [0.29, 0.717) is 17.5 Å². The summed E-state index contributed by atoms with van der Waals surface area (Å²) in [6.07, 6.45) is 0.462. The predicted molar refractivity (Wildman–Crippen MR) is 83.8 cm³/mol. The average Bonchev–Trinajstić information content (AvgIpc) is 2.41. The van der Waals surface area contributed by atoms with Crippen molar-refractivity contribution >= 4 is 11.8 Å². The van der Waals surface area contributed by atoms with Crippen LogP contribution in [0.15, 0.2) is 24.3 Å². The standard InChI is InChI=1S/C17H22N2O2/c1-17(2,3)12-15(20)19-11-7-9-13-8-5-6-10-14(13)16(21)18-4/h5-6,8,10H,11-12H2,1-4H3,(H,18,21)(H,19,20). The third kappa shape index (κ3) is 6.13. The molecule has 0 atom stereocenters. The number of hydrogen-bond donors (Lipinski definition) is 2. The van der Waals surface area contributed by atoms with Crippen molar-refractivity contribution in [2.45, 2.75) is 27.2 Å². The van der Waals surface area contributed by atoms with Crippen LogP contribution in [0.2, 0.25) is 0 Å². The number of nitrogens with one attached hydrogen (secondary N) is 2. The molecule has 0 fully saturated rings. The van der Waals surface area contributed by atoms with Crippen molar-refractivity contribution in [3.63, 3.8) is 0 Å². The average molecular weight is 286 g/mol. The van der Waals surface area contributed by atoms with E-state index in [2.05, 4.69) is 22.5 Å². The van der Waals surface area contributed by atoms with Gasteiger partial charge in [0.15, 0.2) is 0 Å². The summed E-state index contributed by atoms with van der Waals surface area (Å²) in [6.45, 7) is 6.31. The zero-order valence-electron chi connectivity index (χ0n) is 13.0. The van der Waals surface area contributed by atoms with Gasteiger partial charge in [0.2, 0.25) is 5.91 Å². The summed E-state index contributed by atoms with van der Waals surface area (Å²) >= 11 is 0. The predicted octanol–water partition coefficient (Wildman–Crippen LogP) is 1.95. The Hall–Kier alpha value is -2.28. The second-order valence-electron chi connectivity index (χ2n) is 5.94. The maximum atomic E-state index is 11.7. The summed E-state index contributed by atoms with van der Waals surface area (Å²) in [7, 11) is 1.58. The van der Waals surface area contributed by atoms with Crippen LogP contribution in [0.1, 0.15) is 43.1 Å². The van der Waals surface area contributed by atoms with Gasteiger partial charge in [-0.15, -0.1) is 0 Å². The normalized spacial score (nSPS) is 10.3. The highest BCUT2D eigenvalue weighted by atomic mass is 16.2. The summed E-state index contributed by atoms with van der Waals surface area (Å²) in [5, 5.41) is 5.34. The van der Waals surface area contributed by atoms with Crippen molar-refractivity contribution in [2.24, 2.45) is 5.41 Å². The molecular weight excluding hydrogens is 264 g/mol. The van der Waals surface area contributed by atoms with Crippen LogP contribution in [0.25, 0.3) is 0 Å². The summed E-state index contributed by atoms with van der Waals surface area (Å²) in [6, 6.07) is 7.13. The lowest BCUT2D eigenvalue weighted by Crippen LogP contribution is -2.27. The van der Waals surface area contributed by atoms with Crippen LogP contribution in [-0.4, -0.2) is 25.4 Å². The lowest BCUT2D eigenvalue weighted by Gasteiger charge is -2.16. The molecule has 0 saturated heterocycles. The minimum Gasteiger partial charge on any atom is -0.355 e. The molecule has 1 aromatic rings. The Kier molecular flexibility index (Phi) is 5.98. The molecule has 21 heavy (non-hydrogen) atoms. The SMILES string of the molecule is CNC(=O)c1ccccc1C#CCNC(=O)CC(C)(C)C. The molecule has 0 aliphatic heterocycles. The number of amides is 2. The van der Waals surface area contributed by atoms with E-state index in [1.165, 1.54) is 0 Å². The summed E-state index contributed by atoms with van der Waals surface area (Å²) in [5.41, 5.74) is 1.15. The number of benzene rings is 1. The molecule has 112 valence electrons. The van der Waals surface area contributed by atoms with E-state index in [-0.39, 0.29) is 23.8 Å². The summed E-state index contributed by atoms with van der Waals surface area (Å²) in [4.78, 5) is 23.3. The zero-order valence-corrected chi connectivity index (χ0v) is 13.0. The van der Waals surface area contributed by atoms with E-state index in [1.54, 1.807) is 25.2 Å². The molecule has 0 bridgehead atoms. The van der Waals surface area contributed by atoms with Crippen molar-refractivity contribution in [3.05, 3.63) is 35.4 Å². The van der Waals surface area contributed by atoms with E-state index in [1.807, 2.05) is 26.8 Å². The highest BCUT2D eigenvalue weighted by Gasteiger charge is 2.14. The molecule has 2 N–H and O–H groups in total. The van der Waals surface area contributed by atoms with Crippen LogP contribution in [0.5, 0.6) is 0 Å². The van der Waals surface area contributed by atoms with Gasteiger partial charge in [0.1, 0.15) is 0 Å². The molecule has 0 radical (unpaired) electrons. The summed E-state index contributed by atoms with van der Waals surface area (Å²) < 4.78 is 0. The molecular formula is C17H22N2O2. The van der Waals surface area contributed by atoms with Crippen molar-refractivity contribution < 1.29 is 9.59 Å². The van der Waals surface area contributed by atoms with Gasteiger partial charge in [-0.3, -0.25) is 9.59 Å². The fourth-order valence-corrected chi connectivity index (χ4v) is 1.75. The van der Waals surface area contributed by atoms with Gasteiger partial charge in [-0.25, -0.2) is 0 Å². The minimum absolute atomic E-state index is 0.0172. The van der Waals surface area contributed by atoms with Gasteiger partial charge in [0, 0.05) is 19.0 Å². The fourth-order valence-electron chi connectivity index (χ4n) is 1.75. The van der Waals surface area contributed by atoms with E-state index < -0.39 is 0 Å². The zero-order chi connectivity index (χ0) is 15.9. The molecule has 0 aromatic heterocycles. The Labute approximate surface area is 126 Å². The topological polar surface area (TPSA) is 58.2 Å². The molecule has 2 amide bonds. The Balaban J connectivity index is 2.64. The number of carbonyl (C=O) groups excluding carboxylic acids is 2. The molecule has 4 nitrogen and oxygen atoms in total. The van der Waals surface area contributed by atoms with Gasteiger partial charge in [-0.05, 0) is 17.5 Å². The lowest BCUT2D eigenvalue weighted by atomic mass is 9.92. The molecule has 0 aliphatic rings. The van der Waals surface area contributed by atoms with Crippen LogP contribution in [-0.2, 0) is 4.79 Å².